The number of carbonyl (C=O) groups is 2. The Bertz CT molecular complexity index is 172. The number of nitrogens with zero attached hydrogens (tertiary/aromatic N) is 1. The molecule has 12 heavy (non-hydrogen) atoms. The topological polar surface area (TPSA) is 57.6 Å². The Labute approximate surface area is 71.2 Å². The molecule has 1 amide bonds. The van der Waals surface area contributed by atoms with Crippen LogP contribution in [-0.2, 0) is 9.59 Å². The predicted molar refractivity (Wildman–Crippen MR) is 42.6 cm³/mol. The average Bonchev–Trinajstić information content (AvgIpc) is 2.04. The number of rotatable bonds is 1. The number of amides is 1. The first kappa shape index (κ1) is 9.03. The van der Waals surface area contributed by atoms with Crippen molar-refractivity contribution in [2.75, 3.05) is 13.1 Å². The molecule has 0 aliphatic carbocycles. The van der Waals surface area contributed by atoms with Crippen molar-refractivity contribution >= 4 is 11.9 Å². The second kappa shape index (κ2) is 3.56. The molecule has 0 unspecified atom stereocenters. The normalized spacial score (nSPS) is 19.2. The largest absolute Gasteiger partial charge is 0.481 e. The summed E-state index contributed by atoms with van der Waals surface area (Å²) >= 11 is 0. The van der Waals surface area contributed by atoms with Crippen LogP contribution in [-0.4, -0.2) is 35.0 Å². The molecule has 68 valence electrons. The van der Waals surface area contributed by atoms with Crippen molar-refractivity contribution in [2.24, 2.45) is 5.92 Å². The van der Waals surface area contributed by atoms with E-state index in [1.165, 1.54) is 6.92 Å². The molecule has 1 saturated heterocycles. The van der Waals surface area contributed by atoms with Crippen molar-refractivity contribution in [3.8, 4) is 0 Å². The molecule has 1 N–H and O–H groups in total. The Morgan fingerprint density at radius 1 is 1.33 bits per heavy atom. The van der Waals surface area contributed by atoms with Crippen molar-refractivity contribution in [3.05, 3.63) is 0 Å². The van der Waals surface area contributed by atoms with Crippen molar-refractivity contribution in [3.63, 3.8) is 0 Å². The molecule has 0 bridgehead atoms. The number of carboxylic acids is 1. The molecule has 0 radical (unpaired) electrons. The van der Waals surface area contributed by atoms with E-state index in [0.29, 0.717) is 25.9 Å². The third kappa shape index (κ3) is 1.96. The first-order chi connectivity index (χ1) is 5.61. The molecule has 1 rings (SSSR count). The van der Waals surface area contributed by atoms with E-state index < -0.39 is 5.97 Å². The van der Waals surface area contributed by atoms with E-state index in [1.54, 1.807) is 4.90 Å². The summed E-state index contributed by atoms with van der Waals surface area (Å²) in [7, 11) is 0. The van der Waals surface area contributed by atoms with Gasteiger partial charge in [0.1, 0.15) is 0 Å². The molecule has 1 heterocycles. The summed E-state index contributed by atoms with van der Waals surface area (Å²) in [4.78, 5) is 23.1. The zero-order valence-corrected chi connectivity index (χ0v) is 7.12. The van der Waals surface area contributed by atoms with E-state index >= 15 is 0 Å². The van der Waals surface area contributed by atoms with Crippen LogP contribution in [0.15, 0.2) is 0 Å². The van der Waals surface area contributed by atoms with Crippen LogP contribution in [0.2, 0.25) is 0 Å². The zero-order valence-electron chi connectivity index (χ0n) is 7.12. The number of carboxylic acid groups (broad SMARTS) is 1. The van der Waals surface area contributed by atoms with E-state index in [1.807, 2.05) is 0 Å². The van der Waals surface area contributed by atoms with Crippen LogP contribution in [0.1, 0.15) is 19.8 Å². The molecule has 1 fully saturated rings. The van der Waals surface area contributed by atoms with Crippen molar-refractivity contribution in [1.82, 2.24) is 4.90 Å². The lowest BCUT2D eigenvalue weighted by atomic mass is 10.0. The maximum Gasteiger partial charge on any atom is 0.306 e. The summed E-state index contributed by atoms with van der Waals surface area (Å²) in [5, 5.41) is 8.66. The number of hydrogen-bond acceptors (Lipinski definition) is 2. The summed E-state index contributed by atoms with van der Waals surface area (Å²) in [5.41, 5.74) is 0. The van der Waals surface area contributed by atoms with Gasteiger partial charge in [0, 0.05) is 20.0 Å². The van der Waals surface area contributed by atoms with Crippen LogP contribution >= 0.6 is 0 Å². The monoisotopic (exact) mass is 172 g/mol. The van der Waals surface area contributed by atoms with Crippen LogP contribution in [0.5, 0.6) is 0 Å². The molecule has 4 heteroatoms. The first-order valence-electron chi connectivity index (χ1n) is 4.09. The van der Waals surface area contributed by atoms with Gasteiger partial charge in [-0.2, -0.15) is 0 Å². The summed E-state index contributed by atoms with van der Waals surface area (Å²) in [6.45, 7) is 2.69. The van der Waals surface area contributed by atoms with Gasteiger partial charge in [0.05, 0.1) is 5.92 Å². The number of carbonyl (C=O) groups excluding carboxylic acids is 1. The lowest BCUT2D eigenvalue weighted by molar-refractivity contribution is -0.145. The van der Waals surface area contributed by atoms with Crippen molar-refractivity contribution < 1.29 is 14.7 Å². The summed E-state index contributed by atoms with van der Waals surface area (Å²) in [5.74, 6) is -0.947. The Balaban J connectivity index is 2.39. The third-order valence-electron chi connectivity index (χ3n) is 2.29. The summed E-state index contributed by atoms with van der Waals surface area (Å²) in [6.07, 6.45) is 1.18. The Morgan fingerprint density at radius 3 is 2.17 bits per heavy atom. The average molecular weight is 172 g/mol. The fourth-order valence-corrected chi connectivity index (χ4v) is 1.44. The van der Waals surface area contributed by atoms with Gasteiger partial charge in [0.2, 0.25) is 5.91 Å². The minimum atomic E-state index is -0.738. The van der Waals surface area contributed by atoms with Gasteiger partial charge >= 0.3 is 5.97 Å². The Kier molecular flexibility index (Phi) is 2.68. The maximum atomic E-state index is 10.9. The number of likely N-dealkylation sites (tertiary alicyclic amines) is 1. The lowest BCUT2D eigenvalue weighted by Gasteiger charge is -2.28. The molecule has 1 aliphatic heterocycles. The fourth-order valence-electron chi connectivity index (χ4n) is 1.44. The molecule has 0 atom stereocenters. The lowest BCUT2D eigenvalue weighted by Crippen LogP contribution is -2.38. The minimum absolute atomic E-state index is 0.0406. The quantitative estimate of drug-likeness (QED) is 0.580. The first-order valence-corrected chi connectivity index (χ1v) is 4.09. The molecule has 4 nitrogen and oxygen atoms in total. The van der Waals surface area contributed by atoms with Gasteiger partial charge in [-0.25, -0.2) is 0 Å². The maximum absolute atomic E-state index is 10.9. The number of piperidine rings is 1. The van der Waals surface area contributed by atoms with E-state index in [4.69, 9.17) is 5.11 Å². The molecule has 0 saturated carbocycles. The third-order valence-corrected chi connectivity index (χ3v) is 2.29. The summed E-state index contributed by atoms with van der Waals surface area (Å²) < 4.78 is 0. The van der Waals surface area contributed by atoms with E-state index in [0.717, 1.165) is 0 Å². The van der Waals surface area contributed by atoms with Crippen LogP contribution in [0.4, 0.5) is 0 Å². The molecule has 0 aromatic heterocycles. The fraction of sp³-hybridized carbons (Fsp3) is 0.750. The molecule has 0 aromatic carbocycles. The van der Waals surface area contributed by atoms with Gasteiger partial charge < -0.3 is 10.0 Å². The van der Waals surface area contributed by atoms with Gasteiger partial charge in [-0.1, -0.05) is 0 Å². The van der Waals surface area contributed by atoms with Gasteiger partial charge in [0.25, 0.3) is 0 Å². The van der Waals surface area contributed by atoms with E-state index in [2.05, 4.69) is 0 Å². The highest BCUT2D eigenvalue weighted by Gasteiger charge is 2.25. The second-order valence-corrected chi connectivity index (χ2v) is 3.12. The van der Waals surface area contributed by atoms with Crippen LogP contribution in [0, 0.1) is 5.92 Å². The molecular formula is C8H13NO3. The number of aliphatic carboxylic acids is 1. The minimum Gasteiger partial charge on any atom is -0.481 e. The highest BCUT2D eigenvalue weighted by molar-refractivity contribution is 5.74. The SMILES string of the molecule is CC(=O)N1CCC([13C](=O)O)CC1. The molecule has 0 aromatic rings. The summed E-state index contributed by atoms with van der Waals surface area (Å²) in [6, 6.07) is 0. The second-order valence-electron chi connectivity index (χ2n) is 3.12. The van der Waals surface area contributed by atoms with Gasteiger partial charge in [-0.3, -0.25) is 9.59 Å². The molecule has 1 aliphatic rings. The standard InChI is InChI=1S/C8H13NO3/c1-6(10)9-4-2-7(3-5-9)8(11)12/h7H,2-5H2,1H3,(H,11,12)/i8+1. The van der Waals surface area contributed by atoms with E-state index in [-0.39, 0.29) is 11.8 Å². The van der Waals surface area contributed by atoms with Gasteiger partial charge in [0.15, 0.2) is 0 Å². The molecule has 0 spiro atoms. The number of hydrogen-bond donors (Lipinski definition) is 1. The van der Waals surface area contributed by atoms with Crippen LogP contribution < -0.4 is 0 Å². The van der Waals surface area contributed by atoms with Gasteiger partial charge in [-0.05, 0) is 12.8 Å². The van der Waals surface area contributed by atoms with Crippen LogP contribution in [0.3, 0.4) is 0 Å². The van der Waals surface area contributed by atoms with Crippen LogP contribution in [0.25, 0.3) is 0 Å². The Morgan fingerprint density at radius 2 is 1.83 bits per heavy atom. The van der Waals surface area contributed by atoms with Crippen molar-refractivity contribution in [2.45, 2.75) is 19.8 Å². The smallest absolute Gasteiger partial charge is 0.306 e. The zero-order chi connectivity index (χ0) is 9.14. The van der Waals surface area contributed by atoms with E-state index in [9.17, 15) is 9.59 Å². The molecular weight excluding hydrogens is 159 g/mol. The Hall–Kier alpha value is -1.06. The highest BCUT2D eigenvalue weighted by atomic mass is 16.5. The van der Waals surface area contributed by atoms with Crippen molar-refractivity contribution in [1.29, 1.82) is 0 Å². The highest BCUT2D eigenvalue weighted by Crippen LogP contribution is 2.16. The van der Waals surface area contributed by atoms with Gasteiger partial charge in [-0.15, -0.1) is 0 Å². The predicted octanol–water partition coefficient (Wildman–Crippen LogP) is 0.329.